The smallest absolute Gasteiger partial charge is 0.144 e. The highest BCUT2D eigenvalue weighted by atomic mass is 16.3. The summed E-state index contributed by atoms with van der Waals surface area (Å²) >= 11 is 0. The second-order valence-electron chi connectivity index (χ2n) is 8.29. The van der Waals surface area contributed by atoms with Gasteiger partial charge in [0.2, 0.25) is 0 Å². The fraction of sp³-hybridized carbons (Fsp3) is 0.185. The Kier molecular flexibility index (Phi) is 2.80. The van der Waals surface area contributed by atoms with Gasteiger partial charge in [-0.2, -0.15) is 0 Å². The fourth-order valence-corrected chi connectivity index (χ4v) is 5.64. The largest absolute Gasteiger partial charge is 0.455 e. The van der Waals surface area contributed by atoms with E-state index < -0.39 is 0 Å². The predicted octanol–water partition coefficient (Wildman–Crippen LogP) is 7.36. The third-order valence-corrected chi connectivity index (χ3v) is 6.83. The fourth-order valence-electron chi connectivity index (χ4n) is 5.64. The number of hydrogen-bond acceptors (Lipinski definition) is 1. The lowest BCUT2D eigenvalue weighted by Crippen LogP contribution is -1.99. The Labute approximate surface area is 163 Å². The number of fused-ring (bicyclic) bond motifs is 11. The van der Waals surface area contributed by atoms with Gasteiger partial charge < -0.3 is 4.42 Å². The molecule has 0 saturated heterocycles. The number of para-hydroxylation sites is 1. The Bertz CT molecular complexity index is 1420. The molecular weight excluding hydrogens is 340 g/mol. The van der Waals surface area contributed by atoms with Crippen LogP contribution in [0.25, 0.3) is 44.4 Å². The van der Waals surface area contributed by atoms with Gasteiger partial charge in [-0.25, -0.2) is 0 Å². The van der Waals surface area contributed by atoms with Crippen LogP contribution in [0, 0.1) is 0 Å². The summed E-state index contributed by atoms with van der Waals surface area (Å²) in [6.45, 7) is 0. The molecule has 0 unspecified atom stereocenters. The van der Waals surface area contributed by atoms with E-state index in [1.54, 1.807) is 5.57 Å². The van der Waals surface area contributed by atoms with E-state index in [0.717, 1.165) is 30.4 Å². The van der Waals surface area contributed by atoms with Gasteiger partial charge in [0.25, 0.3) is 0 Å². The van der Waals surface area contributed by atoms with Crippen molar-refractivity contribution in [3.05, 3.63) is 82.5 Å². The molecule has 1 heteroatoms. The molecule has 1 heterocycles. The average Bonchev–Trinajstić information content (AvgIpc) is 3.32. The summed E-state index contributed by atoms with van der Waals surface area (Å²) in [5.41, 5.74) is 10.9. The molecule has 7 rings (SSSR count). The Balaban J connectivity index is 1.76. The number of benzene rings is 3. The van der Waals surface area contributed by atoms with Gasteiger partial charge in [0.05, 0.1) is 0 Å². The first kappa shape index (κ1) is 14.9. The van der Waals surface area contributed by atoms with Gasteiger partial charge in [0.1, 0.15) is 11.2 Å². The number of allylic oxidation sites excluding steroid dienone is 5. The Morgan fingerprint density at radius 2 is 1.68 bits per heavy atom. The summed E-state index contributed by atoms with van der Waals surface area (Å²) in [4.78, 5) is 0. The Morgan fingerprint density at radius 3 is 2.68 bits per heavy atom. The first-order chi connectivity index (χ1) is 13.9. The van der Waals surface area contributed by atoms with Crippen molar-refractivity contribution in [2.45, 2.75) is 32.1 Å². The summed E-state index contributed by atoms with van der Waals surface area (Å²) in [7, 11) is 0. The average molecular weight is 360 g/mol. The molecule has 0 spiro atoms. The quantitative estimate of drug-likeness (QED) is 0.319. The molecule has 0 saturated carbocycles. The van der Waals surface area contributed by atoms with Crippen molar-refractivity contribution in [3.63, 3.8) is 0 Å². The molecule has 3 aliphatic carbocycles. The highest BCUT2D eigenvalue weighted by Crippen LogP contribution is 2.48. The van der Waals surface area contributed by atoms with Crippen molar-refractivity contribution in [2.75, 3.05) is 0 Å². The molecule has 4 aromatic rings. The zero-order valence-electron chi connectivity index (χ0n) is 15.7. The van der Waals surface area contributed by atoms with Crippen molar-refractivity contribution >= 4 is 44.4 Å². The van der Waals surface area contributed by atoms with Gasteiger partial charge >= 0.3 is 0 Å². The minimum Gasteiger partial charge on any atom is -0.455 e. The van der Waals surface area contributed by atoms with E-state index in [1.165, 1.54) is 62.2 Å². The zero-order valence-corrected chi connectivity index (χ0v) is 15.7. The van der Waals surface area contributed by atoms with E-state index >= 15 is 0 Å². The summed E-state index contributed by atoms with van der Waals surface area (Å²) in [6, 6.07) is 13.2. The normalized spacial score (nSPS) is 17.6. The first-order valence-corrected chi connectivity index (χ1v) is 10.4. The summed E-state index contributed by atoms with van der Waals surface area (Å²) in [5, 5.41) is 5.27. The lowest BCUT2D eigenvalue weighted by Gasteiger charge is -2.18. The van der Waals surface area contributed by atoms with E-state index in [2.05, 4.69) is 60.7 Å². The van der Waals surface area contributed by atoms with Gasteiger partial charge in [-0.05, 0) is 71.4 Å². The number of aryl methyl sites for hydroxylation is 1. The van der Waals surface area contributed by atoms with Crippen molar-refractivity contribution in [1.82, 2.24) is 0 Å². The maximum Gasteiger partial charge on any atom is 0.144 e. The van der Waals surface area contributed by atoms with Crippen LogP contribution in [0.5, 0.6) is 0 Å². The SMILES string of the molecule is C1=CC2=C(CC1)Cc1ccc3c4c(c5c6ccccc6oc5c3c12)CCC=C4. The zero-order chi connectivity index (χ0) is 18.2. The number of hydrogen-bond donors (Lipinski definition) is 0. The molecule has 1 nitrogen and oxygen atoms in total. The second-order valence-corrected chi connectivity index (χ2v) is 8.29. The summed E-state index contributed by atoms with van der Waals surface area (Å²) < 4.78 is 6.57. The Hall–Kier alpha value is -3.06. The van der Waals surface area contributed by atoms with Crippen molar-refractivity contribution in [1.29, 1.82) is 0 Å². The topological polar surface area (TPSA) is 13.1 Å². The van der Waals surface area contributed by atoms with Gasteiger partial charge in [0, 0.05) is 16.2 Å². The van der Waals surface area contributed by atoms with Crippen LogP contribution in [0.15, 0.2) is 64.6 Å². The first-order valence-electron chi connectivity index (χ1n) is 10.4. The molecule has 3 aromatic carbocycles. The highest BCUT2D eigenvalue weighted by Gasteiger charge is 2.28. The molecule has 1 aromatic heterocycles. The molecular formula is C27H20O. The highest BCUT2D eigenvalue weighted by molar-refractivity contribution is 6.22. The van der Waals surface area contributed by atoms with E-state index in [-0.39, 0.29) is 0 Å². The van der Waals surface area contributed by atoms with Crippen LogP contribution >= 0.6 is 0 Å². The van der Waals surface area contributed by atoms with Crippen LogP contribution in [-0.2, 0) is 12.8 Å². The molecule has 28 heavy (non-hydrogen) atoms. The van der Waals surface area contributed by atoms with Crippen LogP contribution < -0.4 is 0 Å². The van der Waals surface area contributed by atoms with Gasteiger partial charge in [-0.15, -0.1) is 0 Å². The van der Waals surface area contributed by atoms with Gasteiger partial charge in [0.15, 0.2) is 0 Å². The molecule has 0 aliphatic heterocycles. The lowest BCUT2D eigenvalue weighted by atomic mass is 9.85. The predicted molar refractivity (Wildman–Crippen MR) is 118 cm³/mol. The number of rotatable bonds is 0. The Morgan fingerprint density at radius 1 is 0.786 bits per heavy atom. The van der Waals surface area contributed by atoms with Gasteiger partial charge in [-0.1, -0.05) is 60.2 Å². The van der Waals surface area contributed by atoms with Crippen molar-refractivity contribution < 1.29 is 4.42 Å². The third-order valence-electron chi connectivity index (χ3n) is 6.83. The standard InChI is InChI=1S/C27H20O/c1-2-8-18-16(7-1)15-17-13-14-21-19-9-3-4-10-20(19)25-22-11-5-6-12-23(22)28-27(25)26(21)24(17)18/h2-3,5-6,8-9,11-14H,1,4,7,10,15H2. The third kappa shape index (κ3) is 1.77. The minimum atomic E-state index is 1.01. The van der Waals surface area contributed by atoms with E-state index in [1.807, 2.05) is 0 Å². The van der Waals surface area contributed by atoms with Crippen LogP contribution in [0.3, 0.4) is 0 Å². The second kappa shape index (κ2) is 5.26. The molecule has 3 aliphatic rings. The van der Waals surface area contributed by atoms with Crippen LogP contribution in [0.1, 0.15) is 41.5 Å². The van der Waals surface area contributed by atoms with E-state index in [9.17, 15) is 0 Å². The molecule has 0 bridgehead atoms. The van der Waals surface area contributed by atoms with Crippen LogP contribution in [0.4, 0.5) is 0 Å². The summed E-state index contributed by atoms with van der Waals surface area (Å²) in [6.07, 6.45) is 15.0. The van der Waals surface area contributed by atoms with Crippen LogP contribution in [0.2, 0.25) is 0 Å². The van der Waals surface area contributed by atoms with Gasteiger partial charge in [-0.3, -0.25) is 0 Å². The van der Waals surface area contributed by atoms with Crippen molar-refractivity contribution in [3.8, 4) is 0 Å². The lowest BCUT2D eigenvalue weighted by molar-refractivity contribution is 0.672. The van der Waals surface area contributed by atoms with Crippen molar-refractivity contribution in [2.24, 2.45) is 0 Å². The molecule has 134 valence electrons. The molecule has 0 fully saturated rings. The summed E-state index contributed by atoms with van der Waals surface area (Å²) in [5.74, 6) is 0. The monoisotopic (exact) mass is 360 g/mol. The van der Waals surface area contributed by atoms with E-state index in [4.69, 9.17) is 4.42 Å². The minimum absolute atomic E-state index is 1.01. The molecule has 0 radical (unpaired) electrons. The van der Waals surface area contributed by atoms with Crippen LogP contribution in [-0.4, -0.2) is 0 Å². The molecule has 0 amide bonds. The maximum absolute atomic E-state index is 6.57. The molecule has 0 N–H and O–H groups in total. The van der Waals surface area contributed by atoms with E-state index in [0.29, 0.717) is 0 Å². The number of furan rings is 1. The maximum atomic E-state index is 6.57. The molecule has 0 atom stereocenters.